The van der Waals surface area contributed by atoms with Crippen molar-refractivity contribution < 1.29 is 8.91 Å². The predicted molar refractivity (Wildman–Crippen MR) is 110 cm³/mol. The van der Waals surface area contributed by atoms with Gasteiger partial charge in [-0.15, -0.1) is 24.0 Å². The van der Waals surface area contributed by atoms with Crippen LogP contribution in [-0.2, 0) is 6.42 Å². The Kier molecular flexibility index (Phi) is 7.52. The molecule has 26 heavy (non-hydrogen) atoms. The first-order chi connectivity index (χ1) is 12.2. The average Bonchev–Trinajstić information content (AvgIpc) is 3.09. The van der Waals surface area contributed by atoms with E-state index in [1.165, 1.54) is 12.1 Å². The van der Waals surface area contributed by atoms with Gasteiger partial charge in [0.15, 0.2) is 5.96 Å². The van der Waals surface area contributed by atoms with Crippen molar-refractivity contribution in [1.82, 2.24) is 10.1 Å². The van der Waals surface area contributed by atoms with Crippen LogP contribution in [0, 0.1) is 5.82 Å². The van der Waals surface area contributed by atoms with E-state index < -0.39 is 0 Å². The first-order valence-electron chi connectivity index (χ1n) is 7.91. The number of benzene rings is 2. The molecular formula is C18H19FIN5O. The van der Waals surface area contributed by atoms with Gasteiger partial charge >= 0.3 is 0 Å². The minimum atomic E-state index is -0.299. The zero-order valence-electron chi connectivity index (χ0n) is 13.9. The molecule has 0 saturated carbocycles. The van der Waals surface area contributed by atoms with E-state index in [0.717, 1.165) is 12.1 Å². The van der Waals surface area contributed by atoms with Gasteiger partial charge < -0.3 is 15.6 Å². The van der Waals surface area contributed by atoms with Crippen molar-refractivity contribution in [1.29, 1.82) is 0 Å². The lowest BCUT2D eigenvalue weighted by Crippen LogP contribution is -2.22. The smallest absolute Gasteiger partial charge is 0.227 e. The predicted octanol–water partition coefficient (Wildman–Crippen LogP) is 3.85. The highest BCUT2D eigenvalue weighted by atomic mass is 127. The molecule has 3 aromatic rings. The first kappa shape index (κ1) is 19.8. The van der Waals surface area contributed by atoms with Crippen LogP contribution in [-0.4, -0.2) is 22.6 Å². The summed E-state index contributed by atoms with van der Waals surface area (Å²) in [6, 6.07) is 15.6. The van der Waals surface area contributed by atoms with E-state index in [0.29, 0.717) is 36.2 Å². The first-order valence-corrected chi connectivity index (χ1v) is 7.91. The number of para-hydroxylation sites is 1. The minimum absolute atomic E-state index is 0. The summed E-state index contributed by atoms with van der Waals surface area (Å²) in [5, 5.41) is 6.92. The summed E-state index contributed by atoms with van der Waals surface area (Å²) in [4.78, 5) is 8.56. The van der Waals surface area contributed by atoms with E-state index in [9.17, 15) is 4.39 Å². The number of rotatable bonds is 6. The Morgan fingerprint density at radius 2 is 1.85 bits per heavy atom. The summed E-state index contributed by atoms with van der Waals surface area (Å²) in [6.45, 7) is 0.542. The number of aromatic nitrogens is 2. The Morgan fingerprint density at radius 3 is 2.58 bits per heavy atom. The van der Waals surface area contributed by atoms with Gasteiger partial charge in [-0.25, -0.2) is 4.39 Å². The molecule has 0 aliphatic carbocycles. The maximum Gasteiger partial charge on any atom is 0.227 e. The van der Waals surface area contributed by atoms with E-state index >= 15 is 0 Å². The highest BCUT2D eigenvalue weighted by molar-refractivity contribution is 14.0. The average molecular weight is 467 g/mol. The van der Waals surface area contributed by atoms with Gasteiger partial charge in [-0.05, 0) is 42.8 Å². The molecule has 0 bridgehead atoms. The second-order valence-corrected chi connectivity index (χ2v) is 5.38. The van der Waals surface area contributed by atoms with Crippen LogP contribution < -0.4 is 11.1 Å². The molecule has 8 heteroatoms. The number of aliphatic imine (C=N–C) groups is 1. The van der Waals surface area contributed by atoms with E-state index in [4.69, 9.17) is 10.3 Å². The molecule has 1 aromatic heterocycles. The Morgan fingerprint density at radius 1 is 1.12 bits per heavy atom. The van der Waals surface area contributed by atoms with Gasteiger partial charge in [0.25, 0.3) is 0 Å². The number of hydrogen-bond donors (Lipinski definition) is 2. The number of aryl methyl sites for hydroxylation is 1. The summed E-state index contributed by atoms with van der Waals surface area (Å²) in [6.07, 6.45) is 1.32. The van der Waals surface area contributed by atoms with Crippen LogP contribution in [0.5, 0.6) is 0 Å². The Hall–Kier alpha value is -2.49. The molecule has 0 radical (unpaired) electrons. The molecule has 2 aromatic carbocycles. The summed E-state index contributed by atoms with van der Waals surface area (Å²) < 4.78 is 18.1. The van der Waals surface area contributed by atoms with Crippen molar-refractivity contribution in [3.8, 4) is 11.4 Å². The van der Waals surface area contributed by atoms with E-state index in [1.807, 2.05) is 30.3 Å². The minimum Gasteiger partial charge on any atom is -0.370 e. The highest BCUT2D eigenvalue weighted by Crippen LogP contribution is 2.16. The number of guanidine groups is 1. The fourth-order valence-corrected chi connectivity index (χ4v) is 2.21. The number of halogens is 2. The summed E-state index contributed by atoms with van der Waals surface area (Å²) in [5.74, 6) is 1.03. The van der Waals surface area contributed by atoms with Gasteiger partial charge in [0.2, 0.25) is 11.7 Å². The third kappa shape index (κ3) is 5.80. The van der Waals surface area contributed by atoms with Gasteiger partial charge in [-0.3, -0.25) is 4.99 Å². The van der Waals surface area contributed by atoms with E-state index in [2.05, 4.69) is 20.4 Å². The fraction of sp³-hybridized carbons (Fsp3) is 0.167. The van der Waals surface area contributed by atoms with Gasteiger partial charge in [0.1, 0.15) is 5.82 Å². The maximum atomic E-state index is 12.9. The zero-order valence-corrected chi connectivity index (χ0v) is 16.3. The Balaban J connectivity index is 0.00000243. The fourth-order valence-electron chi connectivity index (χ4n) is 2.21. The molecule has 0 fully saturated rings. The Bertz CT molecular complexity index is 836. The number of nitrogens with two attached hydrogens (primary N) is 1. The van der Waals surface area contributed by atoms with Gasteiger partial charge in [0, 0.05) is 24.2 Å². The van der Waals surface area contributed by atoms with Crippen molar-refractivity contribution >= 4 is 35.6 Å². The largest absolute Gasteiger partial charge is 0.370 e. The van der Waals surface area contributed by atoms with Crippen LogP contribution in [0.15, 0.2) is 64.1 Å². The maximum absolute atomic E-state index is 12.9. The third-order valence-electron chi connectivity index (χ3n) is 3.45. The molecule has 0 aliphatic rings. The lowest BCUT2D eigenvalue weighted by Gasteiger charge is -2.04. The van der Waals surface area contributed by atoms with Crippen molar-refractivity contribution in [2.75, 3.05) is 11.9 Å². The quantitative estimate of drug-likeness (QED) is 0.249. The molecule has 0 aliphatic heterocycles. The molecule has 6 nitrogen and oxygen atoms in total. The van der Waals surface area contributed by atoms with Gasteiger partial charge in [0.05, 0.1) is 0 Å². The highest BCUT2D eigenvalue weighted by Gasteiger charge is 2.08. The standard InChI is InChI=1S/C18H18FN5O.HI/c19-14-10-8-13(9-11-14)17-23-16(25-24-17)7-4-12-21-18(20)22-15-5-2-1-3-6-15;/h1-3,5-6,8-11H,4,7,12H2,(H3,20,21,22);1H. The molecule has 3 N–H and O–H groups in total. The van der Waals surface area contributed by atoms with Crippen LogP contribution in [0.2, 0.25) is 0 Å². The van der Waals surface area contributed by atoms with E-state index in [-0.39, 0.29) is 29.8 Å². The van der Waals surface area contributed by atoms with Crippen LogP contribution >= 0.6 is 24.0 Å². The summed E-state index contributed by atoms with van der Waals surface area (Å²) >= 11 is 0. The number of nitrogens with zero attached hydrogens (tertiary/aromatic N) is 3. The van der Waals surface area contributed by atoms with E-state index in [1.54, 1.807) is 12.1 Å². The topological polar surface area (TPSA) is 89.3 Å². The molecular weight excluding hydrogens is 448 g/mol. The molecule has 3 rings (SSSR count). The molecule has 0 atom stereocenters. The number of nitrogens with one attached hydrogen (secondary N) is 1. The van der Waals surface area contributed by atoms with Crippen LogP contribution in [0.25, 0.3) is 11.4 Å². The zero-order chi connectivity index (χ0) is 17.5. The molecule has 136 valence electrons. The van der Waals surface area contributed by atoms with Gasteiger partial charge in [-0.1, -0.05) is 23.4 Å². The van der Waals surface area contributed by atoms with Crippen LogP contribution in [0.1, 0.15) is 12.3 Å². The van der Waals surface area contributed by atoms with Crippen molar-refractivity contribution in [2.24, 2.45) is 10.7 Å². The number of hydrogen-bond acceptors (Lipinski definition) is 4. The lowest BCUT2D eigenvalue weighted by atomic mass is 10.2. The normalized spacial score (nSPS) is 11.0. The van der Waals surface area contributed by atoms with Crippen LogP contribution in [0.3, 0.4) is 0 Å². The van der Waals surface area contributed by atoms with Crippen LogP contribution in [0.4, 0.5) is 10.1 Å². The SMILES string of the molecule is I.NC(=NCCCc1nc(-c2ccc(F)cc2)no1)Nc1ccccc1. The summed E-state index contributed by atoms with van der Waals surface area (Å²) in [5.41, 5.74) is 7.44. The Labute approximate surface area is 167 Å². The van der Waals surface area contributed by atoms with Crippen molar-refractivity contribution in [3.63, 3.8) is 0 Å². The van der Waals surface area contributed by atoms with Gasteiger partial charge in [-0.2, -0.15) is 4.98 Å². The lowest BCUT2D eigenvalue weighted by molar-refractivity contribution is 0.376. The molecule has 0 spiro atoms. The molecule has 0 unspecified atom stereocenters. The monoisotopic (exact) mass is 467 g/mol. The summed E-state index contributed by atoms with van der Waals surface area (Å²) in [7, 11) is 0. The second kappa shape index (κ2) is 9.85. The second-order valence-electron chi connectivity index (χ2n) is 5.38. The van der Waals surface area contributed by atoms with Crippen molar-refractivity contribution in [3.05, 3.63) is 66.3 Å². The molecule has 1 heterocycles. The number of anilines is 1. The molecule has 0 saturated heterocycles. The third-order valence-corrected chi connectivity index (χ3v) is 3.45. The van der Waals surface area contributed by atoms with Crippen molar-refractivity contribution in [2.45, 2.75) is 12.8 Å². The molecule has 0 amide bonds.